The van der Waals surface area contributed by atoms with Gasteiger partial charge < -0.3 is 14.4 Å². The van der Waals surface area contributed by atoms with Gasteiger partial charge in [-0.3, -0.25) is 4.79 Å². The number of sulfonamides is 1. The molecule has 0 aliphatic carbocycles. The first-order valence-corrected chi connectivity index (χ1v) is 7.97. The number of aliphatic carboxylic acids is 1. The number of methoxy groups -OCH3 is 1. The van der Waals surface area contributed by atoms with Crippen molar-refractivity contribution in [2.45, 2.75) is 24.8 Å². The zero-order chi connectivity index (χ0) is 17.0. The van der Waals surface area contributed by atoms with Gasteiger partial charge in [-0.05, 0) is 24.6 Å². The van der Waals surface area contributed by atoms with E-state index in [9.17, 15) is 13.2 Å². The molecule has 0 saturated heterocycles. The van der Waals surface area contributed by atoms with Crippen LogP contribution in [0.2, 0.25) is 0 Å². The summed E-state index contributed by atoms with van der Waals surface area (Å²) in [6.07, 6.45) is -0.296. The molecule has 0 spiro atoms. The lowest BCUT2D eigenvalue weighted by molar-refractivity contribution is -0.136. The Hall–Kier alpha value is -2.46. The van der Waals surface area contributed by atoms with Gasteiger partial charge in [0, 0.05) is 0 Å². The number of aryl methyl sites for hydroxylation is 1. The normalized spacial score (nSPS) is 11.4. The van der Waals surface area contributed by atoms with Gasteiger partial charge in [0.05, 0.1) is 20.1 Å². The molecular weight excluding hydrogens is 326 g/mol. The lowest BCUT2D eigenvalue weighted by Crippen LogP contribution is -2.24. The van der Waals surface area contributed by atoms with Gasteiger partial charge in [0.2, 0.25) is 15.9 Å². The van der Waals surface area contributed by atoms with Gasteiger partial charge in [-0.15, -0.1) is 0 Å². The third kappa shape index (κ3) is 4.27. The number of carboxylic acid groups (broad SMARTS) is 1. The molecule has 0 saturated carbocycles. The number of hydrogen-bond acceptors (Lipinski definition) is 7. The van der Waals surface area contributed by atoms with Crippen molar-refractivity contribution in [2.75, 3.05) is 7.11 Å². The smallest absolute Gasteiger partial charge is 0.307 e. The summed E-state index contributed by atoms with van der Waals surface area (Å²) in [5.41, 5.74) is 0.340. The predicted octanol–water partition coefficient (Wildman–Crippen LogP) is 0.492. The maximum absolute atomic E-state index is 12.4. The largest absolute Gasteiger partial charge is 0.495 e. The van der Waals surface area contributed by atoms with Crippen LogP contribution < -0.4 is 9.46 Å². The van der Waals surface area contributed by atoms with Gasteiger partial charge in [-0.25, -0.2) is 13.1 Å². The van der Waals surface area contributed by atoms with E-state index in [1.54, 1.807) is 6.92 Å². The fourth-order valence-corrected chi connectivity index (χ4v) is 3.05. The Labute approximate surface area is 132 Å². The van der Waals surface area contributed by atoms with Crippen molar-refractivity contribution in [3.05, 3.63) is 35.5 Å². The number of nitrogens with one attached hydrogen (secondary N) is 1. The quantitative estimate of drug-likeness (QED) is 0.744. The lowest BCUT2D eigenvalue weighted by atomic mass is 10.1. The number of ether oxygens (including phenoxy) is 1. The molecule has 1 aromatic carbocycles. The Morgan fingerprint density at radius 1 is 1.43 bits per heavy atom. The zero-order valence-corrected chi connectivity index (χ0v) is 13.3. The van der Waals surface area contributed by atoms with E-state index in [0.717, 1.165) is 0 Å². The molecule has 0 bridgehead atoms. The molecule has 2 aromatic rings. The average molecular weight is 341 g/mol. The van der Waals surface area contributed by atoms with Gasteiger partial charge >= 0.3 is 5.97 Å². The minimum atomic E-state index is -3.95. The fraction of sp³-hybridized carbons (Fsp3) is 0.308. The summed E-state index contributed by atoms with van der Waals surface area (Å²) in [4.78, 5) is 14.5. The third-order valence-corrected chi connectivity index (χ3v) is 4.28. The van der Waals surface area contributed by atoms with E-state index >= 15 is 0 Å². The molecule has 2 N–H and O–H groups in total. The topological polar surface area (TPSA) is 132 Å². The van der Waals surface area contributed by atoms with E-state index in [1.165, 1.54) is 25.3 Å². The lowest BCUT2D eigenvalue weighted by Gasteiger charge is -2.11. The van der Waals surface area contributed by atoms with Crippen molar-refractivity contribution in [1.82, 2.24) is 14.9 Å². The Morgan fingerprint density at radius 3 is 2.74 bits per heavy atom. The maximum Gasteiger partial charge on any atom is 0.307 e. The minimum absolute atomic E-state index is 0.105. The maximum atomic E-state index is 12.4. The van der Waals surface area contributed by atoms with Crippen LogP contribution in [0, 0.1) is 6.92 Å². The fourth-order valence-electron chi connectivity index (χ4n) is 1.86. The molecule has 9 nitrogen and oxygen atoms in total. The van der Waals surface area contributed by atoms with Crippen molar-refractivity contribution in [2.24, 2.45) is 0 Å². The van der Waals surface area contributed by atoms with Crippen molar-refractivity contribution in [3.8, 4) is 5.75 Å². The van der Waals surface area contributed by atoms with Crippen LogP contribution in [0.15, 0.2) is 27.6 Å². The molecule has 1 aromatic heterocycles. The van der Waals surface area contributed by atoms with Crippen molar-refractivity contribution >= 4 is 16.0 Å². The summed E-state index contributed by atoms with van der Waals surface area (Å²) < 4.78 is 37.0. The summed E-state index contributed by atoms with van der Waals surface area (Å²) in [6.45, 7) is 1.43. The van der Waals surface area contributed by atoms with Crippen LogP contribution >= 0.6 is 0 Å². The van der Waals surface area contributed by atoms with E-state index in [0.29, 0.717) is 11.4 Å². The van der Waals surface area contributed by atoms with Gasteiger partial charge in [-0.2, -0.15) is 4.98 Å². The second-order valence-electron chi connectivity index (χ2n) is 4.62. The van der Waals surface area contributed by atoms with Gasteiger partial charge in [0.1, 0.15) is 10.6 Å². The molecule has 0 aliphatic rings. The number of benzene rings is 1. The second kappa shape index (κ2) is 6.75. The van der Waals surface area contributed by atoms with E-state index in [1.807, 2.05) is 0 Å². The van der Waals surface area contributed by atoms with Crippen LogP contribution in [0.3, 0.4) is 0 Å². The average Bonchev–Trinajstić information content (AvgIpc) is 2.90. The molecule has 0 atom stereocenters. The van der Waals surface area contributed by atoms with Crippen molar-refractivity contribution in [3.63, 3.8) is 0 Å². The number of nitrogens with zero attached hydrogens (tertiary/aromatic N) is 2. The zero-order valence-electron chi connectivity index (χ0n) is 12.4. The number of hydrogen-bond donors (Lipinski definition) is 2. The van der Waals surface area contributed by atoms with Crippen LogP contribution in [0.1, 0.15) is 17.3 Å². The van der Waals surface area contributed by atoms with Gasteiger partial charge in [0.15, 0.2) is 5.82 Å². The highest BCUT2D eigenvalue weighted by Gasteiger charge is 2.21. The van der Waals surface area contributed by atoms with Gasteiger partial charge in [-0.1, -0.05) is 11.2 Å². The first-order valence-electron chi connectivity index (χ1n) is 6.49. The predicted molar refractivity (Wildman–Crippen MR) is 77.4 cm³/mol. The Morgan fingerprint density at radius 2 is 2.17 bits per heavy atom. The molecule has 0 amide bonds. The number of carboxylic acids is 1. The molecule has 0 unspecified atom stereocenters. The molecule has 2 rings (SSSR count). The monoisotopic (exact) mass is 341 g/mol. The molecular formula is C13H15N3O6S. The minimum Gasteiger partial charge on any atom is -0.495 e. The van der Waals surface area contributed by atoms with Crippen LogP contribution in [0.25, 0.3) is 0 Å². The van der Waals surface area contributed by atoms with E-state index < -0.39 is 16.0 Å². The summed E-state index contributed by atoms with van der Waals surface area (Å²) in [5, 5.41) is 12.4. The number of carbonyl (C=O) groups is 1. The Kier molecular flexibility index (Phi) is 4.96. The Balaban J connectivity index is 2.27. The van der Waals surface area contributed by atoms with Crippen LogP contribution in [-0.4, -0.2) is 36.7 Å². The number of rotatable bonds is 7. The van der Waals surface area contributed by atoms with E-state index in [4.69, 9.17) is 14.4 Å². The summed E-state index contributed by atoms with van der Waals surface area (Å²) in [7, 11) is -2.62. The third-order valence-electron chi connectivity index (χ3n) is 2.86. The first kappa shape index (κ1) is 16.9. The highest BCUT2D eigenvalue weighted by molar-refractivity contribution is 7.89. The molecule has 10 heteroatoms. The van der Waals surface area contributed by atoms with E-state index in [-0.39, 0.29) is 29.5 Å². The molecule has 0 radical (unpaired) electrons. The SMILES string of the molecule is COc1ccc(CC(=O)O)cc1S(=O)(=O)NCc1nc(C)no1. The second-order valence-corrected chi connectivity index (χ2v) is 6.35. The molecule has 23 heavy (non-hydrogen) atoms. The van der Waals surface area contributed by atoms with Crippen molar-refractivity contribution < 1.29 is 27.6 Å². The van der Waals surface area contributed by atoms with Crippen LogP contribution in [0.5, 0.6) is 5.75 Å². The molecule has 0 fully saturated rings. The van der Waals surface area contributed by atoms with Crippen LogP contribution in [-0.2, 0) is 27.8 Å². The molecule has 1 heterocycles. The standard InChI is InChI=1S/C13H15N3O6S/c1-8-15-12(22-16-8)7-14-23(19,20)11-5-9(6-13(17)18)3-4-10(11)21-2/h3-5,14H,6-7H2,1-2H3,(H,17,18). The molecule has 0 aliphatic heterocycles. The Bertz CT molecular complexity index is 815. The summed E-state index contributed by atoms with van der Waals surface area (Å²) >= 11 is 0. The van der Waals surface area contributed by atoms with Crippen molar-refractivity contribution in [1.29, 1.82) is 0 Å². The highest BCUT2D eigenvalue weighted by Crippen LogP contribution is 2.25. The summed E-state index contributed by atoms with van der Waals surface area (Å²) in [6, 6.07) is 4.16. The molecule has 124 valence electrons. The van der Waals surface area contributed by atoms with Gasteiger partial charge in [0.25, 0.3) is 0 Å². The number of aromatic nitrogens is 2. The highest BCUT2D eigenvalue weighted by atomic mass is 32.2. The first-order chi connectivity index (χ1) is 10.8. The van der Waals surface area contributed by atoms with E-state index in [2.05, 4.69) is 14.9 Å². The summed E-state index contributed by atoms with van der Waals surface area (Å²) in [5.74, 6) is -0.451. The van der Waals surface area contributed by atoms with Crippen LogP contribution in [0.4, 0.5) is 0 Å².